The molecule has 0 unspecified atom stereocenters. The Morgan fingerprint density at radius 3 is 2.62 bits per heavy atom. The number of ether oxygens (including phenoxy) is 1. The van der Waals surface area contributed by atoms with Gasteiger partial charge in [-0.25, -0.2) is 18.7 Å². The topological polar surface area (TPSA) is 71.0 Å². The van der Waals surface area contributed by atoms with Crippen molar-refractivity contribution in [3.05, 3.63) is 87.1 Å². The van der Waals surface area contributed by atoms with E-state index in [1.165, 1.54) is 29.1 Å². The van der Waals surface area contributed by atoms with E-state index in [2.05, 4.69) is 4.98 Å². The van der Waals surface area contributed by atoms with E-state index in [-0.39, 0.29) is 17.7 Å². The average molecular weight is 394 g/mol. The van der Waals surface area contributed by atoms with E-state index in [0.29, 0.717) is 18.0 Å². The van der Waals surface area contributed by atoms with Gasteiger partial charge in [0, 0.05) is 12.1 Å². The van der Waals surface area contributed by atoms with Crippen molar-refractivity contribution in [2.75, 3.05) is 7.11 Å². The van der Waals surface area contributed by atoms with Crippen molar-refractivity contribution in [3.8, 4) is 11.4 Å². The summed E-state index contributed by atoms with van der Waals surface area (Å²) in [6, 6.07) is 13.1. The number of rotatable bonds is 5. The van der Waals surface area contributed by atoms with Crippen LogP contribution in [-0.2, 0) is 13.1 Å². The van der Waals surface area contributed by atoms with E-state index >= 15 is 0 Å². The number of benzene rings is 2. The minimum absolute atomic E-state index is 0.183. The molecule has 0 aliphatic heterocycles. The van der Waals surface area contributed by atoms with Gasteiger partial charge in [-0.2, -0.15) is 0 Å². The normalized spacial score (nSPS) is 11.1. The van der Waals surface area contributed by atoms with Crippen LogP contribution in [0.4, 0.5) is 4.39 Å². The average Bonchev–Trinajstić information content (AvgIpc) is 3.12. The molecule has 4 aromatic rings. The first kappa shape index (κ1) is 18.7. The van der Waals surface area contributed by atoms with Gasteiger partial charge < -0.3 is 9.30 Å². The van der Waals surface area contributed by atoms with Crippen LogP contribution in [0.2, 0.25) is 0 Å². The Hall–Kier alpha value is -3.68. The fourth-order valence-electron chi connectivity index (χ4n) is 3.44. The minimum Gasteiger partial charge on any atom is -0.496 e. The first-order chi connectivity index (χ1) is 14.0. The number of methoxy groups -OCH3 is 1. The third-order valence-electron chi connectivity index (χ3n) is 4.82. The summed E-state index contributed by atoms with van der Waals surface area (Å²) in [5.74, 6) is 0.203. The molecular formula is C21H19FN4O3. The van der Waals surface area contributed by atoms with Gasteiger partial charge in [0.2, 0.25) is 0 Å². The van der Waals surface area contributed by atoms with Gasteiger partial charge in [-0.15, -0.1) is 0 Å². The summed E-state index contributed by atoms with van der Waals surface area (Å²) in [7, 11) is 1.58. The number of nitrogens with zero attached hydrogens (tertiary/aromatic N) is 4. The highest BCUT2D eigenvalue weighted by Gasteiger charge is 2.19. The van der Waals surface area contributed by atoms with Gasteiger partial charge in [0.25, 0.3) is 5.56 Å². The van der Waals surface area contributed by atoms with Crippen molar-refractivity contribution in [3.63, 3.8) is 0 Å². The summed E-state index contributed by atoms with van der Waals surface area (Å²) in [4.78, 5) is 30.3. The monoisotopic (exact) mass is 394 g/mol. The molecule has 0 saturated heterocycles. The molecule has 0 saturated carbocycles. The van der Waals surface area contributed by atoms with E-state index in [4.69, 9.17) is 4.74 Å². The number of hydrogen-bond donors (Lipinski definition) is 0. The summed E-state index contributed by atoms with van der Waals surface area (Å²) in [5.41, 5.74) is 0.627. The Labute approximate surface area is 165 Å². The maximum Gasteiger partial charge on any atom is 0.337 e. The summed E-state index contributed by atoms with van der Waals surface area (Å²) in [5, 5.41) is 0. The number of imidazole rings is 1. The summed E-state index contributed by atoms with van der Waals surface area (Å²) >= 11 is 0. The molecule has 0 bridgehead atoms. The molecule has 8 heteroatoms. The molecule has 29 heavy (non-hydrogen) atoms. The maximum atomic E-state index is 13.8. The smallest absolute Gasteiger partial charge is 0.337 e. The van der Waals surface area contributed by atoms with E-state index < -0.39 is 17.1 Å². The van der Waals surface area contributed by atoms with Crippen molar-refractivity contribution >= 4 is 11.2 Å². The van der Waals surface area contributed by atoms with Gasteiger partial charge in [0.05, 0.1) is 25.7 Å². The molecule has 0 amide bonds. The van der Waals surface area contributed by atoms with Crippen LogP contribution in [0, 0.1) is 5.82 Å². The molecule has 0 spiro atoms. The van der Waals surface area contributed by atoms with Crippen molar-refractivity contribution in [1.29, 1.82) is 0 Å². The van der Waals surface area contributed by atoms with Crippen LogP contribution in [0.5, 0.6) is 5.75 Å². The highest BCUT2D eigenvalue weighted by atomic mass is 19.1. The van der Waals surface area contributed by atoms with Crippen LogP contribution >= 0.6 is 0 Å². The van der Waals surface area contributed by atoms with Crippen LogP contribution in [0.15, 0.2) is 64.4 Å². The Balaban J connectivity index is 2.00. The molecule has 0 atom stereocenters. The highest BCUT2D eigenvalue weighted by Crippen LogP contribution is 2.21. The molecule has 4 rings (SSSR count). The molecule has 0 aliphatic rings. The van der Waals surface area contributed by atoms with Crippen LogP contribution < -0.4 is 16.0 Å². The number of fused-ring (bicyclic) bond motifs is 1. The molecule has 0 aliphatic carbocycles. The van der Waals surface area contributed by atoms with Gasteiger partial charge in [-0.05, 0) is 31.2 Å². The van der Waals surface area contributed by atoms with Crippen molar-refractivity contribution in [1.82, 2.24) is 18.7 Å². The number of hydrogen-bond acceptors (Lipinski definition) is 4. The van der Waals surface area contributed by atoms with Gasteiger partial charge in [-0.3, -0.25) is 9.36 Å². The van der Waals surface area contributed by atoms with Gasteiger partial charge >= 0.3 is 5.69 Å². The molecule has 0 radical (unpaired) electrons. The predicted molar refractivity (Wildman–Crippen MR) is 107 cm³/mol. The molecule has 2 aromatic carbocycles. The van der Waals surface area contributed by atoms with Gasteiger partial charge in [-0.1, -0.05) is 24.3 Å². The third-order valence-corrected chi connectivity index (χ3v) is 4.82. The third kappa shape index (κ3) is 3.12. The second-order valence-corrected chi connectivity index (χ2v) is 6.50. The van der Waals surface area contributed by atoms with Crippen LogP contribution in [0.25, 0.3) is 16.9 Å². The second kappa shape index (κ2) is 7.38. The number of para-hydroxylation sites is 1. The van der Waals surface area contributed by atoms with Crippen LogP contribution in [-0.4, -0.2) is 25.8 Å². The predicted octanol–water partition coefficient (Wildman–Crippen LogP) is 2.56. The zero-order chi connectivity index (χ0) is 20.5. The summed E-state index contributed by atoms with van der Waals surface area (Å²) in [6.07, 6.45) is 1.51. The Morgan fingerprint density at radius 2 is 1.90 bits per heavy atom. The van der Waals surface area contributed by atoms with E-state index in [0.717, 1.165) is 10.1 Å². The molecular weight excluding hydrogens is 375 g/mol. The minimum atomic E-state index is -0.557. The fourth-order valence-corrected chi connectivity index (χ4v) is 3.44. The lowest BCUT2D eigenvalue weighted by Gasteiger charge is -2.12. The lowest BCUT2D eigenvalue weighted by Crippen LogP contribution is -2.39. The lowest BCUT2D eigenvalue weighted by atomic mass is 10.2. The van der Waals surface area contributed by atoms with E-state index in [1.54, 1.807) is 24.7 Å². The molecule has 148 valence electrons. The standard InChI is InChI=1S/C21H19FN4O3/c1-3-25-20(27)18-19(26(21(25)28)16-9-6-8-15(22)11-16)23-13-24(18)12-14-7-4-5-10-17(14)29-2/h4-11,13H,3,12H2,1-2H3. The number of aromatic nitrogens is 4. The molecule has 0 N–H and O–H groups in total. The molecule has 2 heterocycles. The van der Waals surface area contributed by atoms with E-state index in [9.17, 15) is 14.0 Å². The first-order valence-corrected chi connectivity index (χ1v) is 9.13. The Bertz CT molecular complexity index is 1320. The van der Waals surface area contributed by atoms with Gasteiger partial charge in [0.1, 0.15) is 11.6 Å². The van der Waals surface area contributed by atoms with Crippen LogP contribution in [0.3, 0.4) is 0 Å². The lowest BCUT2D eigenvalue weighted by molar-refractivity contribution is 0.408. The zero-order valence-corrected chi connectivity index (χ0v) is 16.0. The van der Waals surface area contributed by atoms with E-state index in [1.807, 2.05) is 24.3 Å². The largest absolute Gasteiger partial charge is 0.496 e. The Kier molecular flexibility index (Phi) is 4.75. The quantitative estimate of drug-likeness (QED) is 0.522. The summed E-state index contributed by atoms with van der Waals surface area (Å²) in [6.45, 7) is 2.23. The molecule has 7 nitrogen and oxygen atoms in total. The van der Waals surface area contributed by atoms with Gasteiger partial charge in [0.15, 0.2) is 11.2 Å². The number of halogens is 1. The fraction of sp³-hybridized carbons (Fsp3) is 0.190. The zero-order valence-electron chi connectivity index (χ0n) is 16.0. The van der Waals surface area contributed by atoms with Crippen molar-refractivity contribution in [2.24, 2.45) is 0 Å². The maximum absolute atomic E-state index is 13.8. The van der Waals surface area contributed by atoms with Crippen LogP contribution in [0.1, 0.15) is 12.5 Å². The molecule has 2 aromatic heterocycles. The van der Waals surface area contributed by atoms with Crippen molar-refractivity contribution in [2.45, 2.75) is 20.0 Å². The SMILES string of the molecule is CCn1c(=O)c2c(ncn2Cc2ccccc2OC)n(-c2cccc(F)c2)c1=O. The highest BCUT2D eigenvalue weighted by molar-refractivity contribution is 5.72. The first-order valence-electron chi connectivity index (χ1n) is 9.13. The molecule has 0 fully saturated rings. The van der Waals surface area contributed by atoms with Crippen molar-refractivity contribution < 1.29 is 9.13 Å². The summed E-state index contributed by atoms with van der Waals surface area (Å²) < 4.78 is 23.3. The Morgan fingerprint density at radius 1 is 1.10 bits per heavy atom. The second-order valence-electron chi connectivity index (χ2n) is 6.50.